The molecule has 0 radical (unpaired) electrons. The smallest absolute Gasteiger partial charge is 0.191 e. The van der Waals surface area contributed by atoms with Crippen LogP contribution >= 0.6 is 11.3 Å². The molecule has 0 fully saturated rings. The van der Waals surface area contributed by atoms with E-state index >= 15 is 0 Å². The third kappa shape index (κ3) is 5.10. The van der Waals surface area contributed by atoms with Gasteiger partial charge in [-0.1, -0.05) is 39.0 Å². The zero-order chi connectivity index (χ0) is 19.3. The molecule has 0 atom stereocenters. The molecule has 0 saturated carbocycles. The van der Waals surface area contributed by atoms with Crippen molar-refractivity contribution in [3.05, 3.63) is 52.1 Å². The van der Waals surface area contributed by atoms with Crippen LogP contribution in [0.1, 0.15) is 44.0 Å². The summed E-state index contributed by atoms with van der Waals surface area (Å²) in [4.78, 5) is 12.7. The first kappa shape index (κ1) is 19.4. The predicted molar refractivity (Wildman–Crippen MR) is 116 cm³/mol. The Balaban J connectivity index is 1.58. The summed E-state index contributed by atoms with van der Waals surface area (Å²) < 4.78 is 0. The maximum absolute atomic E-state index is 4.72. The first-order valence-corrected chi connectivity index (χ1v) is 10.4. The number of nitrogens with zero attached hydrogens (tertiary/aromatic N) is 2. The molecular formula is C21H29N5S. The van der Waals surface area contributed by atoms with E-state index in [1.165, 1.54) is 16.5 Å². The van der Waals surface area contributed by atoms with Crippen molar-refractivity contribution in [1.29, 1.82) is 0 Å². The zero-order valence-electron chi connectivity index (χ0n) is 16.6. The molecule has 0 aliphatic carbocycles. The summed E-state index contributed by atoms with van der Waals surface area (Å²) in [6, 6.07) is 8.41. The number of guanidine groups is 1. The number of aromatic amines is 1. The van der Waals surface area contributed by atoms with Gasteiger partial charge in [-0.15, -0.1) is 11.3 Å². The molecule has 27 heavy (non-hydrogen) atoms. The molecule has 1 aromatic carbocycles. The number of rotatable bonds is 6. The van der Waals surface area contributed by atoms with E-state index in [-0.39, 0.29) is 5.41 Å². The number of aromatic nitrogens is 2. The van der Waals surface area contributed by atoms with E-state index in [4.69, 9.17) is 9.98 Å². The number of aliphatic imine (C=N–C) groups is 1. The van der Waals surface area contributed by atoms with Crippen molar-refractivity contribution >= 4 is 28.2 Å². The number of hydrogen-bond acceptors (Lipinski definition) is 3. The fourth-order valence-corrected chi connectivity index (χ4v) is 3.81. The lowest BCUT2D eigenvalue weighted by Gasteiger charge is -2.14. The fourth-order valence-electron chi connectivity index (χ4n) is 2.87. The van der Waals surface area contributed by atoms with E-state index in [1.807, 2.05) is 0 Å². The summed E-state index contributed by atoms with van der Waals surface area (Å²) >= 11 is 1.68. The first-order chi connectivity index (χ1) is 13.0. The van der Waals surface area contributed by atoms with Gasteiger partial charge in [0.15, 0.2) is 5.96 Å². The van der Waals surface area contributed by atoms with Crippen LogP contribution in [0.5, 0.6) is 0 Å². The Hall–Kier alpha value is -2.34. The summed E-state index contributed by atoms with van der Waals surface area (Å²) in [5, 5.41) is 11.2. The molecule has 3 N–H and O–H groups in total. The van der Waals surface area contributed by atoms with Crippen LogP contribution in [0.4, 0.5) is 0 Å². The van der Waals surface area contributed by atoms with Crippen molar-refractivity contribution in [2.75, 3.05) is 13.1 Å². The van der Waals surface area contributed by atoms with Crippen LogP contribution in [0.3, 0.4) is 0 Å². The average molecular weight is 384 g/mol. The average Bonchev–Trinajstić information content (AvgIpc) is 3.27. The summed E-state index contributed by atoms with van der Waals surface area (Å²) in [5.74, 6) is 0.838. The van der Waals surface area contributed by atoms with Gasteiger partial charge in [0.2, 0.25) is 0 Å². The fraction of sp³-hybridized carbons (Fsp3) is 0.429. The highest BCUT2D eigenvalue weighted by molar-refractivity contribution is 7.09. The highest BCUT2D eigenvalue weighted by Crippen LogP contribution is 2.24. The van der Waals surface area contributed by atoms with E-state index in [1.54, 1.807) is 11.3 Å². The molecule has 0 amide bonds. The van der Waals surface area contributed by atoms with Crippen molar-refractivity contribution < 1.29 is 0 Å². The van der Waals surface area contributed by atoms with E-state index in [9.17, 15) is 0 Å². The SMILES string of the molecule is CCNC(=NCc1nc(C(C)(C)C)cs1)NCCc1c[nH]c2ccccc12. The molecule has 3 aromatic rings. The molecule has 3 rings (SSSR count). The van der Waals surface area contributed by atoms with Crippen molar-refractivity contribution in [3.63, 3.8) is 0 Å². The summed E-state index contributed by atoms with van der Waals surface area (Å²) in [5.41, 5.74) is 3.73. The van der Waals surface area contributed by atoms with E-state index in [0.29, 0.717) is 6.54 Å². The zero-order valence-corrected chi connectivity index (χ0v) is 17.4. The number of para-hydroxylation sites is 1. The van der Waals surface area contributed by atoms with Crippen LogP contribution in [-0.4, -0.2) is 29.0 Å². The second-order valence-corrected chi connectivity index (χ2v) is 8.55. The number of fused-ring (bicyclic) bond motifs is 1. The largest absolute Gasteiger partial charge is 0.361 e. The Morgan fingerprint density at radius 2 is 2.04 bits per heavy atom. The Labute approximate surface area is 165 Å². The van der Waals surface area contributed by atoms with E-state index < -0.39 is 0 Å². The Morgan fingerprint density at radius 1 is 1.22 bits per heavy atom. The monoisotopic (exact) mass is 383 g/mol. The van der Waals surface area contributed by atoms with Crippen LogP contribution < -0.4 is 10.6 Å². The van der Waals surface area contributed by atoms with Gasteiger partial charge in [0.1, 0.15) is 5.01 Å². The van der Waals surface area contributed by atoms with Crippen molar-refractivity contribution in [2.45, 2.75) is 46.1 Å². The van der Waals surface area contributed by atoms with Gasteiger partial charge < -0.3 is 15.6 Å². The van der Waals surface area contributed by atoms with E-state index in [2.05, 4.69) is 79.2 Å². The third-order valence-corrected chi connectivity index (χ3v) is 5.23. The molecule has 0 aliphatic heterocycles. The normalized spacial score (nSPS) is 12.5. The highest BCUT2D eigenvalue weighted by atomic mass is 32.1. The minimum absolute atomic E-state index is 0.0839. The third-order valence-electron chi connectivity index (χ3n) is 4.40. The first-order valence-electron chi connectivity index (χ1n) is 9.49. The number of hydrogen-bond donors (Lipinski definition) is 3. The van der Waals surface area contributed by atoms with Crippen molar-refractivity contribution in [1.82, 2.24) is 20.6 Å². The standard InChI is InChI=1S/C21H29N5S/c1-5-22-20(25-13-19-26-18(14-27-19)21(2,3)4)23-11-10-15-12-24-17-9-7-6-8-16(15)17/h6-9,12,14,24H,5,10-11,13H2,1-4H3,(H2,22,23,25). The molecule has 0 bridgehead atoms. The second-order valence-electron chi connectivity index (χ2n) is 7.61. The van der Waals surface area contributed by atoms with Crippen LogP contribution in [0, 0.1) is 0 Å². The summed E-state index contributed by atoms with van der Waals surface area (Å²) in [6.45, 7) is 10.9. The molecule has 0 saturated heterocycles. The number of benzene rings is 1. The van der Waals surface area contributed by atoms with Gasteiger partial charge in [-0.05, 0) is 25.0 Å². The molecule has 2 heterocycles. The Bertz CT molecular complexity index is 901. The quantitative estimate of drug-likeness (QED) is 0.441. The van der Waals surface area contributed by atoms with Crippen LogP contribution in [-0.2, 0) is 18.4 Å². The van der Waals surface area contributed by atoms with Gasteiger partial charge in [-0.2, -0.15) is 0 Å². The molecule has 6 heteroatoms. The second kappa shape index (κ2) is 8.57. The predicted octanol–water partition coefficient (Wildman–Crippen LogP) is 4.22. The van der Waals surface area contributed by atoms with Crippen LogP contribution in [0.2, 0.25) is 0 Å². The summed E-state index contributed by atoms with van der Waals surface area (Å²) in [7, 11) is 0. The van der Waals surface area contributed by atoms with Crippen LogP contribution in [0.15, 0.2) is 40.8 Å². The molecule has 2 aromatic heterocycles. The lowest BCUT2D eigenvalue weighted by Crippen LogP contribution is -2.38. The highest BCUT2D eigenvalue weighted by Gasteiger charge is 2.17. The van der Waals surface area contributed by atoms with Crippen LogP contribution in [0.25, 0.3) is 10.9 Å². The Kier molecular flexibility index (Phi) is 6.16. The minimum atomic E-state index is 0.0839. The van der Waals surface area contributed by atoms with E-state index in [0.717, 1.165) is 36.2 Å². The molecule has 0 spiro atoms. The molecule has 144 valence electrons. The molecule has 0 aliphatic rings. The maximum atomic E-state index is 4.72. The number of H-pyrrole nitrogens is 1. The topological polar surface area (TPSA) is 65.1 Å². The van der Waals surface area contributed by atoms with Gasteiger partial charge >= 0.3 is 0 Å². The van der Waals surface area contributed by atoms with Gasteiger partial charge in [-0.3, -0.25) is 0 Å². The van der Waals surface area contributed by atoms with Gasteiger partial charge in [-0.25, -0.2) is 9.98 Å². The van der Waals surface area contributed by atoms with Crippen molar-refractivity contribution in [3.8, 4) is 0 Å². The lowest BCUT2D eigenvalue weighted by molar-refractivity contribution is 0.571. The Morgan fingerprint density at radius 3 is 2.78 bits per heavy atom. The van der Waals surface area contributed by atoms with Crippen molar-refractivity contribution in [2.24, 2.45) is 4.99 Å². The number of nitrogens with one attached hydrogen (secondary N) is 3. The van der Waals surface area contributed by atoms with Gasteiger partial charge in [0, 0.05) is 41.0 Å². The molecule has 5 nitrogen and oxygen atoms in total. The lowest BCUT2D eigenvalue weighted by atomic mass is 9.93. The minimum Gasteiger partial charge on any atom is -0.361 e. The molecular weight excluding hydrogens is 354 g/mol. The maximum Gasteiger partial charge on any atom is 0.191 e. The van der Waals surface area contributed by atoms with Gasteiger partial charge in [0.05, 0.1) is 12.2 Å². The van der Waals surface area contributed by atoms with Gasteiger partial charge in [0.25, 0.3) is 0 Å². The summed E-state index contributed by atoms with van der Waals surface area (Å²) in [6.07, 6.45) is 3.04. The molecule has 0 unspecified atom stereocenters. The number of thiazole rings is 1.